The zero-order chi connectivity index (χ0) is 13.0. The van der Waals surface area contributed by atoms with Crippen LogP contribution in [0, 0.1) is 13.8 Å². The molecule has 0 atom stereocenters. The van der Waals surface area contributed by atoms with Crippen molar-refractivity contribution in [3.63, 3.8) is 0 Å². The van der Waals surface area contributed by atoms with Gasteiger partial charge < -0.3 is 9.88 Å². The summed E-state index contributed by atoms with van der Waals surface area (Å²) < 4.78 is 1.74. The lowest BCUT2D eigenvalue weighted by atomic mass is 10.3. The summed E-state index contributed by atoms with van der Waals surface area (Å²) in [6.45, 7) is 6.45. The Morgan fingerprint density at radius 1 is 1.33 bits per heavy atom. The molecule has 0 aliphatic carbocycles. The molecule has 1 N–H and O–H groups in total. The molecule has 0 aliphatic rings. The van der Waals surface area contributed by atoms with Gasteiger partial charge in [0.1, 0.15) is 0 Å². The molecule has 0 bridgehead atoms. The Balaban J connectivity index is 1.82. The summed E-state index contributed by atoms with van der Waals surface area (Å²) in [5, 5.41) is 5.48. The second-order valence-electron chi connectivity index (χ2n) is 4.44. The molecule has 0 fully saturated rings. The van der Waals surface area contributed by atoms with Gasteiger partial charge in [-0.05, 0) is 42.5 Å². The minimum atomic E-state index is 0.0732. The second kappa shape index (κ2) is 5.98. The van der Waals surface area contributed by atoms with Gasteiger partial charge in [0, 0.05) is 36.8 Å². The van der Waals surface area contributed by atoms with Crippen LogP contribution in [0.3, 0.4) is 0 Å². The molecule has 4 heteroatoms. The van der Waals surface area contributed by atoms with Crippen molar-refractivity contribution in [2.75, 3.05) is 6.54 Å². The first-order chi connectivity index (χ1) is 8.66. The van der Waals surface area contributed by atoms with E-state index in [0.29, 0.717) is 6.54 Å². The molecule has 18 heavy (non-hydrogen) atoms. The molecule has 0 amide bonds. The van der Waals surface area contributed by atoms with E-state index in [1.165, 1.54) is 10.4 Å². The van der Waals surface area contributed by atoms with Crippen LogP contribution in [0.5, 0.6) is 0 Å². The van der Waals surface area contributed by atoms with E-state index in [2.05, 4.69) is 23.7 Å². The summed E-state index contributed by atoms with van der Waals surface area (Å²) in [5.74, 6) is 0. The molecular weight excluding hydrogens is 244 g/mol. The summed E-state index contributed by atoms with van der Waals surface area (Å²) >= 11 is 1.77. The van der Waals surface area contributed by atoms with Crippen LogP contribution in [-0.2, 0) is 13.1 Å². The Hall–Kier alpha value is -1.39. The number of nitrogens with zero attached hydrogens (tertiary/aromatic N) is 1. The SMILES string of the molecule is Cc1ccn(CCNCc2sccc2C)c(=O)c1. The molecule has 3 nitrogen and oxygen atoms in total. The van der Waals surface area contributed by atoms with Crippen molar-refractivity contribution in [2.24, 2.45) is 0 Å². The third-order valence-electron chi connectivity index (χ3n) is 2.93. The number of rotatable bonds is 5. The highest BCUT2D eigenvalue weighted by atomic mass is 32.1. The molecular formula is C14H18N2OS. The number of hydrogen-bond acceptors (Lipinski definition) is 3. The Morgan fingerprint density at radius 2 is 2.17 bits per heavy atom. The molecule has 96 valence electrons. The molecule has 0 aliphatic heterocycles. The first kappa shape index (κ1) is 13.1. The van der Waals surface area contributed by atoms with Gasteiger partial charge in [-0.25, -0.2) is 0 Å². The van der Waals surface area contributed by atoms with Crippen molar-refractivity contribution in [2.45, 2.75) is 26.9 Å². The van der Waals surface area contributed by atoms with Crippen molar-refractivity contribution >= 4 is 11.3 Å². The van der Waals surface area contributed by atoms with E-state index in [-0.39, 0.29) is 5.56 Å². The highest BCUT2D eigenvalue weighted by Gasteiger charge is 1.99. The number of hydrogen-bond donors (Lipinski definition) is 1. The van der Waals surface area contributed by atoms with E-state index < -0.39 is 0 Å². The Bertz CT molecular complexity index is 571. The number of pyridine rings is 1. The van der Waals surface area contributed by atoms with Crippen LogP contribution in [0.25, 0.3) is 0 Å². The number of aromatic nitrogens is 1. The summed E-state index contributed by atoms with van der Waals surface area (Å²) in [7, 11) is 0. The largest absolute Gasteiger partial charge is 0.314 e. The highest BCUT2D eigenvalue weighted by Crippen LogP contribution is 2.14. The van der Waals surface area contributed by atoms with Crippen molar-refractivity contribution < 1.29 is 0 Å². The van der Waals surface area contributed by atoms with Crippen molar-refractivity contribution in [1.82, 2.24) is 9.88 Å². The van der Waals surface area contributed by atoms with Gasteiger partial charge in [0.15, 0.2) is 0 Å². The van der Waals surface area contributed by atoms with Gasteiger partial charge in [-0.3, -0.25) is 4.79 Å². The van der Waals surface area contributed by atoms with E-state index in [4.69, 9.17) is 0 Å². The van der Waals surface area contributed by atoms with Gasteiger partial charge in [-0.2, -0.15) is 0 Å². The van der Waals surface area contributed by atoms with Crippen LogP contribution in [0.15, 0.2) is 34.6 Å². The quantitative estimate of drug-likeness (QED) is 0.839. The van der Waals surface area contributed by atoms with Gasteiger partial charge in [0.25, 0.3) is 5.56 Å². The zero-order valence-electron chi connectivity index (χ0n) is 10.8. The van der Waals surface area contributed by atoms with Crippen LogP contribution >= 0.6 is 11.3 Å². The average molecular weight is 262 g/mol. The van der Waals surface area contributed by atoms with E-state index in [0.717, 1.165) is 18.7 Å². The van der Waals surface area contributed by atoms with Crippen molar-refractivity contribution in [3.05, 3.63) is 56.1 Å². The Kier molecular flexibility index (Phi) is 4.33. The lowest BCUT2D eigenvalue weighted by molar-refractivity contribution is 0.586. The maximum Gasteiger partial charge on any atom is 0.250 e. The molecule has 2 aromatic heterocycles. The smallest absolute Gasteiger partial charge is 0.250 e. The molecule has 0 saturated heterocycles. The topological polar surface area (TPSA) is 34.0 Å². The maximum atomic E-state index is 11.7. The van der Waals surface area contributed by atoms with Crippen LogP contribution < -0.4 is 10.9 Å². The number of thiophene rings is 1. The lowest BCUT2D eigenvalue weighted by Crippen LogP contribution is -2.26. The van der Waals surface area contributed by atoms with Crippen LogP contribution in [0.2, 0.25) is 0 Å². The van der Waals surface area contributed by atoms with Crippen LogP contribution in [0.4, 0.5) is 0 Å². The van der Waals surface area contributed by atoms with Crippen molar-refractivity contribution in [1.29, 1.82) is 0 Å². The van der Waals surface area contributed by atoms with E-state index >= 15 is 0 Å². The average Bonchev–Trinajstić information content (AvgIpc) is 2.73. The minimum absolute atomic E-state index is 0.0732. The standard InChI is InChI=1S/C14H18N2OS/c1-11-3-6-16(14(17)9-11)7-5-15-10-13-12(2)4-8-18-13/h3-4,6,8-9,15H,5,7,10H2,1-2H3. The molecule has 0 unspecified atom stereocenters. The third kappa shape index (κ3) is 3.31. The third-order valence-corrected chi connectivity index (χ3v) is 3.96. The Labute approximate surface area is 111 Å². The summed E-state index contributed by atoms with van der Waals surface area (Å²) in [6, 6.07) is 5.76. The first-order valence-corrected chi connectivity index (χ1v) is 6.95. The zero-order valence-corrected chi connectivity index (χ0v) is 11.6. The van der Waals surface area contributed by atoms with Gasteiger partial charge in [-0.15, -0.1) is 11.3 Å². The molecule has 0 spiro atoms. The molecule has 2 rings (SSSR count). The molecule has 0 radical (unpaired) electrons. The molecule has 2 aromatic rings. The van der Waals surface area contributed by atoms with E-state index in [1.807, 2.05) is 19.2 Å². The highest BCUT2D eigenvalue weighted by molar-refractivity contribution is 7.10. The lowest BCUT2D eigenvalue weighted by Gasteiger charge is -2.07. The van der Waals surface area contributed by atoms with Crippen LogP contribution in [-0.4, -0.2) is 11.1 Å². The predicted octanol–water partition coefficient (Wildman–Crippen LogP) is 2.32. The van der Waals surface area contributed by atoms with Gasteiger partial charge in [0.2, 0.25) is 0 Å². The Morgan fingerprint density at radius 3 is 2.83 bits per heavy atom. The fourth-order valence-corrected chi connectivity index (χ4v) is 2.65. The first-order valence-electron chi connectivity index (χ1n) is 6.07. The molecule has 0 aromatic carbocycles. The van der Waals surface area contributed by atoms with Crippen molar-refractivity contribution in [3.8, 4) is 0 Å². The van der Waals surface area contributed by atoms with E-state index in [1.54, 1.807) is 22.0 Å². The summed E-state index contributed by atoms with van der Waals surface area (Å²) in [5.41, 5.74) is 2.42. The molecule has 2 heterocycles. The number of aryl methyl sites for hydroxylation is 2. The van der Waals surface area contributed by atoms with Gasteiger partial charge >= 0.3 is 0 Å². The monoisotopic (exact) mass is 262 g/mol. The van der Waals surface area contributed by atoms with E-state index in [9.17, 15) is 4.79 Å². The fraction of sp³-hybridized carbons (Fsp3) is 0.357. The maximum absolute atomic E-state index is 11.7. The predicted molar refractivity (Wildman–Crippen MR) is 76.2 cm³/mol. The van der Waals surface area contributed by atoms with Gasteiger partial charge in [-0.1, -0.05) is 0 Å². The fourth-order valence-electron chi connectivity index (χ4n) is 1.78. The second-order valence-corrected chi connectivity index (χ2v) is 5.44. The normalized spacial score (nSPS) is 10.8. The minimum Gasteiger partial charge on any atom is -0.314 e. The van der Waals surface area contributed by atoms with Gasteiger partial charge in [0.05, 0.1) is 0 Å². The number of nitrogens with one attached hydrogen (secondary N) is 1. The molecule has 0 saturated carbocycles. The van der Waals surface area contributed by atoms with Crippen LogP contribution in [0.1, 0.15) is 16.0 Å². The summed E-state index contributed by atoms with van der Waals surface area (Å²) in [6.07, 6.45) is 1.86. The summed E-state index contributed by atoms with van der Waals surface area (Å²) in [4.78, 5) is 13.0.